The Morgan fingerprint density at radius 1 is 1.65 bits per heavy atom. The van der Waals surface area contributed by atoms with Gasteiger partial charge in [0, 0.05) is 26.3 Å². The van der Waals surface area contributed by atoms with Crippen molar-refractivity contribution in [1.29, 1.82) is 0 Å². The van der Waals surface area contributed by atoms with Crippen molar-refractivity contribution in [3.63, 3.8) is 0 Å². The molecule has 1 amide bonds. The highest BCUT2D eigenvalue weighted by Gasteiger charge is 2.25. The maximum atomic E-state index is 11.6. The molecule has 2 rings (SSSR count). The first-order valence-electron chi connectivity index (χ1n) is 5.76. The largest absolute Gasteiger partial charge is 0.368 e. The van der Waals surface area contributed by atoms with Crippen LogP contribution in [0.25, 0.3) is 0 Å². The summed E-state index contributed by atoms with van der Waals surface area (Å²) in [5.74, 6) is 1.19. The van der Waals surface area contributed by atoms with E-state index in [1.807, 2.05) is 6.07 Å². The molecular weight excluding hydrogens is 218 g/mol. The molecular formula is C11H17N5O. The standard InChI is InChI=1S/C11H17N5O/c1-13-10(17)8-3-2-6-16(7-8)9-4-5-14-11(12)15-9/h4-5,8H,2-3,6-7H2,1H3,(H,13,17)(H2,12,14,15). The van der Waals surface area contributed by atoms with Crippen molar-refractivity contribution >= 4 is 17.7 Å². The molecule has 92 valence electrons. The lowest BCUT2D eigenvalue weighted by Gasteiger charge is -2.32. The van der Waals surface area contributed by atoms with Crippen LogP contribution in [0, 0.1) is 5.92 Å². The van der Waals surface area contributed by atoms with Crippen LogP contribution < -0.4 is 16.0 Å². The third kappa shape index (κ3) is 2.64. The number of hydrogen-bond donors (Lipinski definition) is 2. The summed E-state index contributed by atoms with van der Waals surface area (Å²) in [5.41, 5.74) is 5.56. The number of carbonyl (C=O) groups excluding carboxylic acids is 1. The highest BCUT2D eigenvalue weighted by molar-refractivity contribution is 5.79. The Balaban J connectivity index is 2.09. The minimum atomic E-state index is 0.0324. The molecule has 1 aliphatic heterocycles. The quantitative estimate of drug-likeness (QED) is 0.755. The molecule has 0 radical (unpaired) electrons. The van der Waals surface area contributed by atoms with E-state index in [0.29, 0.717) is 6.54 Å². The summed E-state index contributed by atoms with van der Waals surface area (Å²) in [4.78, 5) is 21.7. The van der Waals surface area contributed by atoms with Gasteiger partial charge in [0.1, 0.15) is 5.82 Å². The van der Waals surface area contributed by atoms with Gasteiger partial charge < -0.3 is 16.0 Å². The summed E-state index contributed by atoms with van der Waals surface area (Å²) >= 11 is 0. The van der Waals surface area contributed by atoms with Gasteiger partial charge in [0.25, 0.3) is 0 Å². The van der Waals surface area contributed by atoms with E-state index >= 15 is 0 Å². The molecule has 1 saturated heterocycles. The molecule has 1 fully saturated rings. The van der Waals surface area contributed by atoms with Crippen LogP contribution in [0.1, 0.15) is 12.8 Å². The van der Waals surface area contributed by atoms with Gasteiger partial charge in [-0.3, -0.25) is 4.79 Å². The van der Waals surface area contributed by atoms with Crippen molar-refractivity contribution in [2.75, 3.05) is 30.8 Å². The summed E-state index contributed by atoms with van der Waals surface area (Å²) in [7, 11) is 1.67. The molecule has 0 saturated carbocycles. The van der Waals surface area contributed by atoms with Gasteiger partial charge in [0.15, 0.2) is 0 Å². The van der Waals surface area contributed by atoms with Crippen molar-refractivity contribution in [1.82, 2.24) is 15.3 Å². The predicted octanol–water partition coefficient (Wildman–Crippen LogP) is 0.0212. The number of nitrogens with one attached hydrogen (secondary N) is 1. The van der Waals surface area contributed by atoms with E-state index in [1.54, 1.807) is 13.2 Å². The van der Waals surface area contributed by atoms with E-state index < -0.39 is 0 Å². The SMILES string of the molecule is CNC(=O)C1CCCN(c2ccnc(N)n2)C1. The fourth-order valence-corrected chi connectivity index (χ4v) is 2.14. The molecule has 2 heterocycles. The molecule has 17 heavy (non-hydrogen) atoms. The highest BCUT2D eigenvalue weighted by atomic mass is 16.1. The van der Waals surface area contributed by atoms with Crippen molar-refractivity contribution in [2.24, 2.45) is 5.92 Å². The molecule has 1 aromatic heterocycles. The van der Waals surface area contributed by atoms with Gasteiger partial charge in [-0.1, -0.05) is 0 Å². The number of aromatic nitrogens is 2. The molecule has 6 heteroatoms. The minimum Gasteiger partial charge on any atom is -0.368 e. The van der Waals surface area contributed by atoms with Crippen molar-refractivity contribution in [2.45, 2.75) is 12.8 Å². The molecule has 0 bridgehead atoms. The molecule has 0 aliphatic carbocycles. The Labute approximate surface area is 100 Å². The third-order valence-corrected chi connectivity index (χ3v) is 3.02. The number of nitrogens with two attached hydrogens (primary N) is 1. The van der Waals surface area contributed by atoms with E-state index in [-0.39, 0.29) is 17.8 Å². The number of nitrogen functional groups attached to an aromatic ring is 1. The zero-order valence-electron chi connectivity index (χ0n) is 9.89. The maximum absolute atomic E-state index is 11.6. The molecule has 6 nitrogen and oxygen atoms in total. The molecule has 3 N–H and O–H groups in total. The molecule has 0 aromatic carbocycles. The first kappa shape index (κ1) is 11.6. The van der Waals surface area contributed by atoms with E-state index in [9.17, 15) is 4.79 Å². The van der Waals surface area contributed by atoms with Crippen molar-refractivity contribution in [3.8, 4) is 0 Å². The van der Waals surface area contributed by atoms with Crippen LogP contribution in [-0.2, 0) is 4.79 Å². The second-order valence-electron chi connectivity index (χ2n) is 4.17. The summed E-state index contributed by atoms with van der Waals surface area (Å²) in [6.45, 7) is 1.60. The van der Waals surface area contributed by atoms with Crippen molar-refractivity contribution in [3.05, 3.63) is 12.3 Å². The topological polar surface area (TPSA) is 84.1 Å². The zero-order valence-corrected chi connectivity index (χ0v) is 9.89. The van der Waals surface area contributed by atoms with Gasteiger partial charge in [-0.15, -0.1) is 0 Å². The Morgan fingerprint density at radius 2 is 2.47 bits per heavy atom. The lowest BCUT2D eigenvalue weighted by molar-refractivity contribution is -0.124. The minimum absolute atomic E-state index is 0.0324. The average molecular weight is 235 g/mol. The Kier molecular flexibility index (Phi) is 3.41. The maximum Gasteiger partial charge on any atom is 0.224 e. The van der Waals surface area contributed by atoms with Crippen LogP contribution in [0.4, 0.5) is 11.8 Å². The van der Waals surface area contributed by atoms with Gasteiger partial charge in [0.2, 0.25) is 11.9 Å². The second kappa shape index (κ2) is 4.99. The molecule has 0 spiro atoms. The first-order chi connectivity index (χ1) is 8.20. The number of rotatable bonds is 2. The lowest BCUT2D eigenvalue weighted by atomic mass is 9.97. The van der Waals surface area contributed by atoms with Gasteiger partial charge >= 0.3 is 0 Å². The molecule has 1 unspecified atom stereocenters. The summed E-state index contributed by atoms with van der Waals surface area (Å²) in [5, 5.41) is 2.70. The zero-order chi connectivity index (χ0) is 12.3. The van der Waals surface area contributed by atoms with Gasteiger partial charge in [0.05, 0.1) is 5.92 Å². The third-order valence-electron chi connectivity index (χ3n) is 3.02. The second-order valence-corrected chi connectivity index (χ2v) is 4.17. The number of amides is 1. The van der Waals surface area contributed by atoms with E-state index in [2.05, 4.69) is 20.2 Å². The van der Waals surface area contributed by atoms with Crippen LogP contribution >= 0.6 is 0 Å². The lowest BCUT2D eigenvalue weighted by Crippen LogP contribution is -2.42. The van der Waals surface area contributed by atoms with E-state index in [0.717, 1.165) is 25.2 Å². The van der Waals surface area contributed by atoms with Crippen molar-refractivity contribution < 1.29 is 4.79 Å². The van der Waals surface area contributed by atoms with Crippen LogP contribution in [0.5, 0.6) is 0 Å². The number of piperidine rings is 1. The fraction of sp³-hybridized carbons (Fsp3) is 0.545. The molecule has 1 aromatic rings. The van der Waals surface area contributed by atoms with Gasteiger partial charge in [-0.25, -0.2) is 4.98 Å². The summed E-state index contributed by atoms with van der Waals surface area (Å²) < 4.78 is 0. The smallest absolute Gasteiger partial charge is 0.224 e. The fourth-order valence-electron chi connectivity index (χ4n) is 2.14. The Morgan fingerprint density at radius 3 is 3.18 bits per heavy atom. The number of hydrogen-bond acceptors (Lipinski definition) is 5. The van der Waals surface area contributed by atoms with Crippen LogP contribution in [-0.4, -0.2) is 36.0 Å². The average Bonchev–Trinajstić information content (AvgIpc) is 2.38. The molecule has 1 atom stereocenters. The Hall–Kier alpha value is -1.85. The first-order valence-corrected chi connectivity index (χ1v) is 5.76. The van der Waals surface area contributed by atoms with Gasteiger partial charge in [-0.2, -0.15) is 4.98 Å². The summed E-state index contributed by atoms with van der Waals surface area (Å²) in [6, 6.07) is 1.82. The molecule has 1 aliphatic rings. The predicted molar refractivity (Wildman–Crippen MR) is 65.4 cm³/mol. The van der Waals surface area contributed by atoms with Crippen LogP contribution in [0.2, 0.25) is 0 Å². The number of carbonyl (C=O) groups is 1. The number of nitrogens with zero attached hydrogens (tertiary/aromatic N) is 3. The van der Waals surface area contributed by atoms with Gasteiger partial charge in [-0.05, 0) is 18.9 Å². The van der Waals surface area contributed by atoms with Crippen LogP contribution in [0.3, 0.4) is 0 Å². The highest BCUT2D eigenvalue weighted by Crippen LogP contribution is 2.21. The van der Waals surface area contributed by atoms with E-state index in [1.165, 1.54) is 0 Å². The number of anilines is 2. The summed E-state index contributed by atoms with van der Waals surface area (Å²) in [6.07, 6.45) is 3.56. The van der Waals surface area contributed by atoms with Crippen LogP contribution in [0.15, 0.2) is 12.3 Å². The Bertz CT molecular complexity index is 409. The normalized spacial score (nSPS) is 20.1. The van der Waals surface area contributed by atoms with E-state index in [4.69, 9.17) is 5.73 Å². The monoisotopic (exact) mass is 235 g/mol.